The highest BCUT2D eigenvalue weighted by Crippen LogP contribution is 2.17. The van der Waals surface area contributed by atoms with Crippen molar-refractivity contribution in [2.24, 2.45) is 0 Å². The number of nitrogens with one attached hydrogen (secondary N) is 1. The van der Waals surface area contributed by atoms with Crippen LogP contribution in [0.1, 0.15) is 25.3 Å². The molecule has 2 aromatic rings. The molecule has 0 saturated carbocycles. The van der Waals surface area contributed by atoms with E-state index in [9.17, 15) is 4.79 Å². The molecule has 0 radical (unpaired) electrons. The normalized spacial score (nSPS) is 11.6. The summed E-state index contributed by atoms with van der Waals surface area (Å²) in [6, 6.07) is 15.0. The van der Waals surface area contributed by atoms with Gasteiger partial charge in [0.05, 0.1) is 12.6 Å². The summed E-state index contributed by atoms with van der Waals surface area (Å²) in [5.74, 6) is 1.60. The van der Waals surface area contributed by atoms with Gasteiger partial charge >= 0.3 is 0 Å². The van der Waals surface area contributed by atoms with Crippen molar-refractivity contribution < 1.29 is 14.3 Å². The average molecular weight is 362 g/mol. The van der Waals surface area contributed by atoms with Gasteiger partial charge in [0.1, 0.15) is 18.1 Å². The maximum absolute atomic E-state index is 11.9. The second kappa shape index (κ2) is 9.94. The van der Waals surface area contributed by atoms with Crippen molar-refractivity contribution in [3.05, 3.63) is 59.1 Å². The number of halogens is 1. The van der Waals surface area contributed by atoms with Gasteiger partial charge in [0.25, 0.3) is 0 Å². The van der Waals surface area contributed by atoms with Gasteiger partial charge in [0.2, 0.25) is 5.91 Å². The van der Waals surface area contributed by atoms with Gasteiger partial charge in [-0.05, 0) is 56.2 Å². The van der Waals surface area contributed by atoms with Crippen LogP contribution < -0.4 is 14.8 Å². The summed E-state index contributed by atoms with van der Waals surface area (Å²) >= 11 is 5.82. The number of carbonyl (C=O) groups excluding carboxylic acids is 1. The number of carbonyl (C=O) groups is 1. The van der Waals surface area contributed by atoms with Gasteiger partial charge in [-0.1, -0.05) is 29.8 Å². The van der Waals surface area contributed by atoms with Crippen LogP contribution in [0.3, 0.4) is 0 Å². The van der Waals surface area contributed by atoms with Crippen LogP contribution in [-0.2, 0) is 4.79 Å². The van der Waals surface area contributed by atoms with Gasteiger partial charge in [-0.15, -0.1) is 0 Å². The minimum absolute atomic E-state index is 0.000546. The highest BCUT2D eigenvalue weighted by molar-refractivity contribution is 6.30. The maximum atomic E-state index is 11.9. The number of hydrogen-bond donors (Lipinski definition) is 1. The summed E-state index contributed by atoms with van der Waals surface area (Å²) in [6.45, 7) is 4.86. The third kappa shape index (κ3) is 7.06. The lowest BCUT2D eigenvalue weighted by atomic mass is 10.2. The molecular weight excluding hydrogens is 338 g/mol. The van der Waals surface area contributed by atoms with Gasteiger partial charge in [-0.3, -0.25) is 4.79 Å². The smallest absolute Gasteiger partial charge is 0.220 e. The lowest BCUT2D eigenvalue weighted by Crippen LogP contribution is -2.36. The van der Waals surface area contributed by atoms with Crippen LogP contribution in [0.4, 0.5) is 0 Å². The molecule has 0 unspecified atom stereocenters. The quantitative estimate of drug-likeness (QED) is 0.674. The van der Waals surface area contributed by atoms with E-state index in [4.69, 9.17) is 21.1 Å². The molecule has 0 saturated heterocycles. The van der Waals surface area contributed by atoms with E-state index in [1.54, 1.807) is 12.1 Å². The molecule has 2 rings (SSSR count). The summed E-state index contributed by atoms with van der Waals surface area (Å²) in [5.41, 5.74) is 1.08. The molecule has 1 amide bonds. The minimum atomic E-state index is -0.0516. The summed E-state index contributed by atoms with van der Waals surface area (Å²) in [6.07, 6.45) is 1.07. The number of rotatable bonds is 9. The first-order valence-electron chi connectivity index (χ1n) is 8.41. The van der Waals surface area contributed by atoms with Crippen molar-refractivity contribution in [3.63, 3.8) is 0 Å². The molecule has 0 bridgehead atoms. The van der Waals surface area contributed by atoms with Crippen LogP contribution in [0.15, 0.2) is 48.5 Å². The predicted molar refractivity (Wildman–Crippen MR) is 100 cm³/mol. The lowest BCUT2D eigenvalue weighted by molar-refractivity contribution is -0.122. The van der Waals surface area contributed by atoms with E-state index >= 15 is 0 Å². The van der Waals surface area contributed by atoms with Crippen LogP contribution in [0.5, 0.6) is 11.5 Å². The van der Waals surface area contributed by atoms with Crippen LogP contribution in [0.25, 0.3) is 0 Å². The van der Waals surface area contributed by atoms with Crippen LogP contribution in [0, 0.1) is 6.92 Å². The summed E-state index contributed by atoms with van der Waals surface area (Å²) in [4.78, 5) is 11.9. The molecule has 0 aliphatic rings. The van der Waals surface area contributed by atoms with Crippen molar-refractivity contribution in [3.8, 4) is 11.5 Å². The molecule has 0 spiro atoms. The van der Waals surface area contributed by atoms with Gasteiger partial charge < -0.3 is 14.8 Å². The Bertz CT molecular complexity index is 673. The van der Waals surface area contributed by atoms with Crippen molar-refractivity contribution in [2.45, 2.75) is 32.7 Å². The molecule has 0 aliphatic heterocycles. The van der Waals surface area contributed by atoms with E-state index in [0.717, 1.165) is 17.1 Å². The first-order valence-corrected chi connectivity index (χ1v) is 8.78. The van der Waals surface area contributed by atoms with Crippen molar-refractivity contribution in [2.75, 3.05) is 13.2 Å². The van der Waals surface area contributed by atoms with Crippen molar-refractivity contribution in [1.82, 2.24) is 5.32 Å². The highest BCUT2D eigenvalue weighted by atomic mass is 35.5. The van der Waals surface area contributed by atoms with Crippen LogP contribution in [-0.4, -0.2) is 25.2 Å². The number of amides is 1. The Balaban J connectivity index is 1.61. The van der Waals surface area contributed by atoms with Crippen molar-refractivity contribution >= 4 is 17.5 Å². The Morgan fingerprint density at radius 3 is 2.56 bits per heavy atom. The Morgan fingerprint density at radius 2 is 1.84 bits per heavy atom. The second-order valence-electron chi connectivity index (χ2n) is 5.95. The third-order valence-corrected chi connectivity index (χ3v) is 3.87. The Hall–Kier alpha value is -2.20. The highest BCUT2D eigenvalue weighted by Gasteiger charge is 2.09. The molecule has 0 aromatic heterocycles. The third-order valence-electron chi connectivity index (χ3n) is 3.62. The zero-order valence-electron chi connectivity index (χ0n) is 14.6. The molecule has 1 N–H and O–H groups in total. The molecular formula is C20H24ClNO3. The molecule has 4 nitrogen and oxygen atoms in total. The minimum Gasteiger partial charge on any atom is -0.494 e. The van der Waals surface area contributed by atoms with E-state index in [2.05, 4.69) is 5.32 Å². The Kier molecular flexibility index (Phi) is 7.61. The molecule has 2 aromatic carbocycles. The topological polar surface area (TPSA) is 47.6 Å². The number of ether oxygens (including phenoxy) is 2. The first-order chi connectivity index (χ1) is 12.0. The van der Waals surface area contributed by atoms with Crippen LogP contribution >= 0.6 is 11.6 Å². The zero-order chi connectivity index (χ0) is 18.1. The summed E-state index contributed by atoms with van der Waals surface area (Å²) in [7, 11) is 0. The van der Waals surface area contributed by atoms with Gasteiger partial charge in [0, 0.05) is 11.4 Å². The summed E-state index contributed by atoms with van der Waals surface area (Å²) < 4.78 is 11.3. The fraction of sp³-hybridized carbons (Fsp3) is 0.350. The van der Waals surface area contributed by atoms with Gasteiger partial charge in [-0.25, -0.2) is 0 Å². The molecule has 25 heavy (non-hydrogen) atoms. The molecule has 134 valence electrons. The zero-order valence-corrected chi connectivity index (χ0v) is 15.4. The van der Waals surface area contributed by atoms with E-state index < -0.39 is 0 Å². The average Bonchev–Trinajstić information content (AvgIpc) is 2.59. The Labute approximate surface area is 154 Å². The Morgan fingerprint density at radius 1 is 1.12 bits per heavy atom. The number of aryl methyl sites for hydroxylation is 1. The summed E-state index contributed by atoms with van der Waals surface area (Å²) in [5, 5.41) is 3.61. The second-order valence-corrected chi connectivity index (χ2v) is 6.39. The standard InChI is InChI=1S/C20H24ClNO3/c1-15-6-3-4-7-19(15)25-14-16(2)22-20(23)8-5-13-24-18-11-9-17(21)10-12-18/h3-4,6-7,9-12,16H,5,8,13-14H2,1-2H3,(H,22,23)/t16-/m1/s1. The molecule has 1 atom stereocenters. The SMILES string of the molecule is Cc1ccccc1OC[C@@H](C)NC(=O)CCCOc1ccc(Cl)cc1. The van der Waals surface area contributed by atoms with Crippen LogP contribution in [0.2, 0.25) is 5.02 Å². The van der Waals surface area contributed by atoms with E-state index in [0.29, 0.717) is 31.1 Å². The maximum Gasteiger partial charge on any atom is 0.220 e. The van der Waals surface area contributed by atoms with E-state index in [1.807, 2.05) is 50.2 Å². The lowest BCUT2D eigenvalue weighted by Gasteiger charge is -2.16. The molecule has 5 heteroatoms. The molecule has 0 fully saturated rings. The monoisotopic (exact) mass is 361 g/mol. The van der Waals surface area contributed by atoms with Gasteiger partial charge in [-0.2, -0.15) is 0 Å². The number of para-hydroxylation sites is 1. The van der Waals surface area contributed by atoms with E-state index in [1.165, 1.54) is 0 Å². The molecule has 0 aliphatic carbocycles. The van der Waals surface area contributed by atoms with Gasteiger partial charge in [0.15, 0.2) is 0 Å². The molecule has 0 heterocycles. The number of hydrogen-bond acceptors (Lipinski definition) is 3. The van der Waals surface area contributed by atoms with E-state index in [-0.39, 0.29) is 11.9 Å². The predicted octanol–water partition coefficient (Wildman–Crippen LogP) is 4.39. The van der Waals surface area contributed by atoms with Crippen molar-refractivity contribution in [1.29, 1.82) is 0 Å². The fourth-order valence-corrected chi connectivity index (χ4v) is 2.40. The number of benzene rings is 2. The fourth-order valence-electron chi connectivity index (χ4n) is 2.28. The first kappa shape index (κ1) is 19.1. The largest absolute Gasteiger partial charge is 0.494 e.